The molecule has 5 N–H and O–H groups in total. The molecule has 3 aromatic carbocycles. The predicted molar refractivity (Wildman–Crippen MR) is 136 cm³/mol. The number of sulfonamides is 1. The van der Waals surface area contributed by atoms with Gasteiger partial charge in [-0.15, -0.1) is 0 Å². The fraction of sp³-hybridized carbons (Fsp3) is 0.120. The maximum atomic E-state index is 13.1. The lowest BCUT2D eigenvalue weighted by atomic mass is 10.0. The first-order chi connectivity index (χ1) is 17.1. The number of phenolic OH excluding ortho intramolecular Hbond substituents is 2. The molecular formula is C25H23ClN4O5S. The van der Waals surface area contributed by atoms with Crippen LogP contribution in [0.2, 0.25) is 5.02 Å². The van der Waals surface area contributed by atoms with Crippen LogP contribution < -0.4 is 10.5 Å². The Morgan fingerprint density at radius 1 is 1.08 bits per heavy atom. The van der Waals surface area contributed by atoms with Gasteiger partial charge in [-0.2, -0.15) is 5.10 Å². The zero-order chi connectivity index (χ0) is 26.0. The van der Waals surface area contributed by atoms with Crippen LogP contribution in [0.3, 0.4) is 0 Å². The number of aromatic hydroxyl groups is 2. The van der Waals surface area contributed by atoms with Crippen LogP contribution in [0.1, 0.15) is 21.5 Å². The van der Waals surface area contributed by atoms with Crippen molar-refractivity contribution in [1.82, 2.24) is 14.5 Å². The van der Waals surface area contributed by atoms with E-state index in [2.05, 4.69) is 9.82 Å². The predicted octanol–water partition coefficient (Wildman–Crippen LogP) is 3.53. The minimum absolute atomic E-state index is 0.0975. The Morgan fingerprint density at radius 3 is 2.56 bits per heavy atom. The summed E-state index contributed by atoms with van der Waals surface area (Å²) in [5.41, 5.74) is 8.38. The Labute approximate surface area is 212 Å². The summed E-state index contributed by atoms with van der Waals surface area (Å²) in [6.07, 6.45) is 1.66. The maximum absolute atomic E-state index is 13.1. The lowest BCUT2D eigenvalue weighted by molar-refractivity contribution is 0.0999. The number of carbonyl (C=O) groups excluding carboxylic acids is 1. The molecule has 1 aromatic heterocycles. The molecule has 0 radical (unpaired) electrons. The van der Waals surface area contributed by atoms with Gasteiger partial charge in [0, 0.05) is 28.8 Å². The Morgan fingerprint density at radius 2 is 1.83 bits per heavy atom. The van der Waals surface area contributed by atoms with E-state index in [9.17, 15) is 23.4 Å². The number of amides is 1. The lowest BCUT2D eigenvalue weighted by Crippen LogP contribution is -2.27. The van der Waals surface area contributed by atoms with Gasteiger partial charge in [0.1, 0.15) is 16.4 Å². The van der Waals surface area contributed by atoms with Gasteiger partial charge in [-0.1, -0.05) is 29.8 Å². The van der Waals surface area contributed by atoms with Gasteiger partial charge in [-0.25, -0.2) is 17.8 Å². The van der Waals surface area contributed by atoms with Crippen molar-refractivity contribution in [3.63, 3.8) is 0 Å². The number of aromatic nitrogens is 2. The highest BCUT2D eigenvalue weighted by molar-refractivity contribution is 7.89. The molecule has 0 atom stereocenters. The molecule has 1 heterocycles. The number of carbonyl (C=O) groups is 1. The minimum Gasteiger partial charge on any atom is -0.507 e. The molecule has 0 saturated carbocycles. The van der Waals surface area contributed by atoms with Crippen molar-refractivity contribution in [2.45, 2.75) is 18.2 Å². The van der Waals surface area contributed by atoms with Gasteiger partial charge < -0.3 is 15.9 Å². The topological polar surface area (TPSA) is 148 Å². The fourth-order valence-electron chi connectivity index (χ4n) is 3.89. The van der Waals surface area contributed by atoms with Crippen LogP contribution in [-0.2, 0) is 16.4 Å². The van der Waals surface area contributed by atoms with E-state index in [-0.39, 0.29) is 29.8 Å². The molecular weight excluding hydrogens is 504 g/mol. The van der Waals surface area contributed by atoms with Crippen molar-refractivity contribution in [3.05, 3.63) is 88.6 Å². The van der Waals surface area contributed by atoms with Crippen LogP contribution in [0, 0.1) is 6.92 Å². The number of hydrogen-bond donors (Lipinski definition) is 4. The zero-order valence-corrected chi connectivity index (χ0v) is 20.7. The standard InChI is InChI=1S/C25H23ClN4O5S/c1-15-4-2-3-5-20(15)30-21(9-10-28-30)19-13-24(23(32)14-22(19)31)36(34,35)29-11-8-16-12-17(26)6-7-18(16)25(27)33/h2-7,9-10,12-14,29,31-32H,8,11H2,1H3,(H2,27,33). The van der Waals surface area contributed by atoms with E-state index in [0.29, 0.717) is 16.3 Å². The van der Waals surface area contributed by atoms with Gasteiger partial charge in [-0.3, -0.25) is 4.79 Å². The summed E-state index contributed by atoms with van der Waals surface area (Å²) in [7, 11) is -4.21. The Balaban J connectivity index is 1.65. The third-order valence-corrected chi connectivity index (χ3v) is 7.37. The molecule has 0 aliphatic heterocycles. The smallest absolute Gasteiger partial charge is 0.248 e. The molecule has 0 aliphatic rings. The molecule has 0 spiro atoms. The zero-order valence-electron chi connectivity index (χ0n) is 19.1. The SMILES string of the molecule is Cc1ccccc1-n1nccc1-c1cc(S(=O)(=O)NCCc2cc(Cl)ccc2C(N)=O)c(O)cc1O. The van der Waals surface area contributed by atoms with E-state index >= 15 is 0 Å². The summed E-state index contributed by atoms with van der Waals surface area (Å²) in [6, 6.07) is 15.8. The van der Waals surface area contributed by atoms with E-state index in [1.54, 1.807) is 16.8 Å². The number of nitrogens with two attached hydrogens (primary N) is 1. The second-order valence-electron chi connectivity index (χ2n) is 8.07. The molecule has 36 heavy (non-hydrogen) atoms. The Kier molecular flexibility index (Phi) is 7.02. The second kappa shape index (κ2) is 10.0. The van der Waals surface area contributed by atoms with E-state index in [4.69, 9.17) is 17.3 Å². The summed E-state index contributed by atoms with van der Waals surface area (Å²) in [5.74, 6) is -1.59. The summed E-state index contributed by atoms with van der Waals surface area (Å²) in [5, 5.41) is 25.6. The first-order valence-corrected chi connectivity index (χ1v) is 12.7. The molecule has 4 rings (SSSR count). The molecule has 9 nitrogen and oxygen atoms in total. The van der Waals surface area contributed by atoms with Gasteiger partial charge in [0.15, 0.2) is 0 Å². The first-order valence-electron chi connectivity index (χ1n) is 10.8. The normalized spacial score (nSPS) is 11.5. The van der Waals surface area contributed by atoms with Crippen LogP contribution in [0.25, 0.3) is 16.9 Å². The third kappa shape index (κ3) is 5.06. The summed E-state index contributed by atoms with van der Waals surface area (Å²) >= 11 is 6.00. The number of para-hydroxylation sites is 1. The average molecular weight is 527 g/mol. The van der Waals surface area contributed by atoms with Crippen molar-refractivity contribution in [1.29, 1.82) is 0 Å². The van der Waals surface area contributed by atoms with Crippen LogP contribution >= 0.6 is 11.6 Å². The molecule has 0 aliphatic carbocycles. The number of nitrogens with one attached hydrogen (secondary N) is 1. The van der Waals surface area contributed by atoms with Crippen LogP contribution in [0.4, 0.5) is 0 Å². The van der Waals surface area contributed by atoms with Crippen molar-refractivity contribution in [2.24, 2.45) is 5.73 Å². The van der Waals surface area contributed by atoms with Gasteiger partial charge in [0.25, 0.3) is 0 Å². The van der Waals surface area contributed by atoms with Gasteiger partial charge in [-0.05, 0) is 60.9 Å². The highest BCUT2D eigenvalue weighted by Gasteiger charge is 2.23. The fourth-order valence-corrected chi connectivity index (χ4v) is 5.21. The molecule has 186 valence electrons. The molecule has 0 bridgehead atoms. The van der Waals surface area contributed by atoms with E-state index in [1.165, 1.54) is 24.4 Å². The van der Waals surface area contributed by atoms with Crippen LogP contribution in [-0.4, -0.2) is 40.9 Å². The number of rotatable bonds is 8. The average Bonchev–Trinajstić information content (AvgIpc) is 3.28. The number of aryl methyl sites for hydroxylation is 1. The monoisotopic (exact) mass is 526 g/mol. The maximum Gasteiger partial charge on any atom is 0.248 e. The quantitative estimate of drug-likeness (QED) is 0.276. The highest BCUT2D eigenvalue weighted by Crippen LogP contribution is 2.37. The Hall–Kier alpha value is -3.86. The van der Waals surface area contributed by atoms with E-state index in [1.807, 2.05) is 31.2 Å². The molecule has 11 heteroatoms. The third-order valence-electron chi connectivity index (χ3n) is 5.65. The number of benzene rings is 3. The van der Waals surface area contributed by atoms with Crippen molar-refractivity contribution < 1.29 is 23.4 Å². The van der Waals surface area contributed by atoms with Gasteiger partial charge in [0.05, 0.1) is 17.6 Å². The number of halogens is 1. The van der Waals surface area contributed by atoms with Gasteiger partial charge >= 0.3 is 0 Å². The number of hydrogen-bond acceptors (Lipinski definition) is 6. The van der Waals surface area contributed by atoms with Crippen LogP contribution in [0.15, 0.2) is 71.8 Å². The van der Waals surface area contributed by atoms with Crippen LogP contribution in [0.5, 0.6) is 11.5 Å². The second-order valence-corrected chi connectivity index (χ2v) is 10.2. The number of nitrogens with zero attached hydrogens (tertiary/aromatic N) is 2. The Bertz CT molecular complexity index is 1570. The molecule has 1 amide bonds. The van der Waals surface area contributed by atoms with Crippen molar-refractivity contribution in [2.75, 3.05) is 6.54 Å². The molecule has 0 unspecified atom stereocenters. The van der Waals surface area contributed by atoms with Crippen molar-refractivity contribution >= 4 is 27.5 Å². The number of phenols is 2. The first kappa shape index (κ1) is 25.2. The largest absolute Gasteiger partial charge is 0.507 e. The van der Waals surface area contributed by atoms with Gasteiger partial charge in [0.2, 0.25) is 15.9 Å². The molecule has 0 saturated heterocycles. The van der Waals surface area contributed by atoms with E-state index < -0.39 is 26.6 Å². The summed E-state index contributed by atoms with van der Waals surface area (Å²) in [4.78, 5) is 11.2. The van der Waals surface area contributed by atoms with E-state index in [0.717, 1.165) is 17.3 Å². The molecule has 0 fully saturated rings. The number of primary amides is 1. The summed E-state index contributed by atoms with van der Waals surface area (Å²) in [6.45, 7) is 1.81. The molecule has 4 aromatic rings. The minimum atomic E-state index is -4.21. The lowest BCUT2D eigenvalue weighted by Gasteiger charge is -2.14. The summed E-state index contributed by atoms with van der Waals surface area (Å²) < 4.78 is 30.1. The van der Waals surface area contributed by atoms with Crippen molar-refractivity contribution in [3.8, 4) is 28.4 Å². The highest BCUT2D eigenvalue weighted by atomic mass is 35.5.